The van der Waals surface area contributed by atoms with Gasteiger partial charge in [0.2, 0.25) is 5.06 Å². The zero-order chi connectivity index (χ0) is 7.61. The van der Waals surface area contributed by atoms with Crippen molar-refractivity contribution in [1.82, 2.24) is 0 Å². The van der Waals surface area contributed by atoms with Gasteiger partial charge in [-0.2, -0.15) is 0 Å². The topological polar surface area (TPSA) is 46.5 Å². The number of alkyl halides is 1. The summed E-state index contributed by atoms with van der Waals surface area (Å²) < 4.78 is 0. The molecule has 0 aromatic carbocycles. The molecule has 0 fully saturated rings. The number of halogens is 1. The Kier molecular flexibility index (Phi) is 1.89. The molecule has 0 bridgehead atoms. The third kappa shape index (κ3) is 1.44. The van der Waals surface area contributed by atoms with Gasteiger partial charge in [-0.15, -0.1) is 0 Å². The minimum absolute atomic E-state index is 0.173. The Morgan fingerprint density at radius 2 is 2.00 bits per heavy atom. The van der Waals surface area contributed by atoms with Crippen LogP contribution in [0.2, 0.25) is 0 Å². The smallest absolute Gasteiger partial charge is 0.213 e. The van der Waals surface area contributed by atoms with Crippen molar-refractivity contribution in [2.45, 2.75) is 5.06 Å². The predicted molar refractivity (Wildman–Crippen MR) is 35.6 cm³/mol. The van der Waals surface area contributed by atoms with E-state index in [1.807, 2.05) is 0 Å². The summed E-state index contributed by atoms with van der Waals surface area (Å²) in [6.45, 7) is 0. The van der Waals surface area contributed by atoms with E-state index in [-0.39, 0.29) is 5.78 Å². The molecule has 0 aliphatic heterocycles. The summed E-state index contributed by atoms with van der Waals surface area (Å²) >= 11 is 5.53. The van der Waals surface area contributed by atoms with Gasteiger partial charge in [-0.25, -0.2) is 10.1 Å². The molecule has 10 heavy (non-hydrogen) atoms. The Morgan fingerprint density at radius 1 is 1.50 bits per heavy atom. The Hall–Kier alpha value is -0.640. The van der Waals surface area contributed by atoms with E-state index in [1.54, 1.807) is 0 Å². The molecule has 1 rings (SSSR count). The van der Waals surface area contributed by atoms with Crippen LogP contribution < -0.4 is 0 Å². The Labute approximate surface area is 62.5 Å². The number of ketones is 1. The maximum Gasteiger partial charge on any atom is 0.213 e. The SMILES string of the molecule is O=C1C=CC(Cl)(OO)C=C1. The average molecular weight is 161 g/mol. The molecule has 0 aromatic heterocycles. The lowest BCUT2D eigenvalue weighted by molar-refractivity contribution is -0.268. The van der Waals surface area contributed by atoms with Crippen LogP contribution in [-0.2, 0) is 9.68 Å². The van der Waals surface area contributed by atoms with Crippen LogP contribution in [0.1, 0.15) is 0 Å². The molecule has 0 atom stereocenters. The summed E-state index contributed by atoms with van der Waals surface area (Å²) in [5.74, 6) is -0.173. The van der Waals surface area contributed by atoms with Gasteiger partial charge in [0.25, 0.3) is 0 Å². The Bertz CT molecular complexity index is 191. The Morgan fingerprint density at radius 3 is 2.40 bits per heavy atom. The lowest BCUT2D eigenvalue weighted by Crippen LogP contribution is -2.20. The zero-order valence-corrected chi connectivity index (χ0v) is 5.71. The third-order valence-corrected chi connectivity index (χ3v) is 1.41. The van der Waals surface area contributed by atoms with Crippen LogP contribution in [0.15, 0.2) is 24.3 Å². The van der Waals surface area contributed by atoms with E-state index in [1.165, 1.54) is 24.3 Å². The molecule has 0 heterocycles. The van der Waals surface area contributed by atoms with Gasteiger partial charge in [0, 0.05) is 0 Å². The van der Waals surface area contributed by atoms with Gasteiger partial charge in [-0.3, -0.25) is 4.79 Å². The summed E-state index contributed by atoms with van der Waals surface area (Å²) in [4.78, 5) is 14.4. The summed E-state index contributed by atoms with van der Waals surface area (Å²) in [6.07, 6.45) is 4.97. The van der Waals surface area contributed by atoms with Gasteiger partial charge < -0.3 is 0 Å². The van der Waals surface area contributed by atoms with E-state index in [2.05, 4.69) is 4.89 Å². The van der Waals surface area contributed by atoms with E-state index in [4.69, 9.17) is 16.9 Å². The fourth-order valence-corrected chi connectivity index (χ4v) is 0.689. The molecule has 1 aliphatic carbocycles. The lowest BCUT2D eigenvalue weighted by atomic mass is 10.1. The van der Waals surface area contributed by atoms with Crippen molar-refractivity contribution in [2.75, 3.05) is 0 Å². The summed E-state index contributed by atoms with van der Waals surface area (Å²) in [6, 6.07) is 0. The highest BCUT2D eigenvalue weighted by Gasteiger charge is 2.24. The second kappa shape index (κ2) is 2.54. The molecule has 0 spiro atoms. The van der Waals surface area contributed by atoms with Crippen LogP contribution in [0.5, 0.6) is 0 Å². The number of carbonyl (C=O) groups excluding carboxylic acids is 1. The van der Waals surface area contributed by atoms with Crippen molar-refractivity contribution in [3.05, 3.63) is 24.3 Å². The van der Waals surface area contributed by atoms with Crippen molar-refractivity contribution in [3.63, 3.8) is 0 Å². The summed E-state index contributed by atoms with van der Waals surface area (Å²) in [7, 11) is 0. The van der Waals surface area contributed by atoms with Crippen molar-refractivity contribution >= 4 is 17.4 Å². The van der Waals surface area contributed by atoms with E-state index in [0.29, 0.717) is 0 Å². The fourth-order valence-electron chi connectivity index (χ4n) is 0.563. The van der Waals surface area contributed by atoms with E-state index in [0.717, 1.165) is 0 Å². The molecule has 3 nitrogen and oxygen atoms in total. The minimum atomic E-state index is -1.35. The van der Waals surface area contributed by atoms with Crippen LogP contribution in [0.4, 0.5) is 0 Å². The number of hydrogen-bond donors (Lipinski definition) is 1. The van der Waals surface area contributed by atoms with Crippen molar-refractivity contribution in [1.29, 1.82) is 0 Å². The number of rotatable bonds is 1. The largest absolute Gasteiger partial charge is 0.290 e. The predicted octanol–water partition coefficient (Wildman–Crippen LogP) is 1.11. The highest BCUT2D eigenvalue weighted by Crippen LogP contribution is 2.22. The number of allylic oxidation sites excluding steroid dienone is 2. The van der Waals surface area contributed by atoms with Crippen LogP contribution in [0.3, 0.4) is 0 Å². The van der Waals surface area contributed by atoms with Crippen molar-refractivity contribution in [3.8, 4) is 0 Å². The minimum Gasteiger partial charge on any atom is -0.290 e. The maximum absolute atomic E-state index is 10.5. The molecule has 0 unspecified atom stereocenters. The van der Waals surface area contributed by atoms with Crippen LogP contribution in [0.25, 0.3) is 0 Å². The van der Waals surface area contributed by atoms with Crippen LogP contribution in [0, 0.1) is 0 Å². The fraction of sp³-hybridized carbons (Fsp3) is 0.167. The normalized spacial score (nSPS) is 21.6. The molecule has 0 saturated heterocycles. The third-order valence-electron chi connectivity index (χ3n) is 1.09. The first-order chi connectivity index (χ1) is 4.66. The molecular weight excluding hydrogens is 156 g/mol. The van der Waals surface area contributed by atoms with Crippen LogP contribution in [-0.4, -0.2) is 16.1 Å². The second-order valence-corrected chi connectivity index (χ2v) is 2.45. The van der Waals surface area contributed by atoms with Gasteiger partial charge in [0.05, 0.1) is 0 Å². The average Bonchev–Trinajstić information content (AvgIpc) is 1.96. The molecule has 4 heteroatoms. The summed E-state index contributed by atoms with van der Waals surface area (Å²) in [5.41, 5.74) is 0. The number of carbonyl (C=O) groups is 1. The second-order valence-electron chi connectivity index (χ2n) is 1.86. The highest BCUT2D eigenvalue weighted by molar-refractivity contribution is 6.26. The first-order valence-electron chi connectivity index (χ1n) is 2.60. The van der Waals surface area contributed by atoms with Crippen LogP contribution >= 0.6 is 11.6 Å². The molecule has 0 aromatic rings. The lowest BCUT2D eigenvalue weighted by Gasteiger charge is -2.15. The summed E-state index contributed by atoms with van der Waals surface area (Å²) in [5, 5.41) is 6.84. The maximum atomic E-state index is 10.5. The van der Waals surface area contributed by atoms with Gasteiger partial charge in [-0.1, -0.05) is 11.6 Å². The van der Waals surface area contributed by atoms with E-state index in [9.17, 15) is 4.79 Å². The molecule has 1 N–H and O–H groups in total. The highest BCUT2D eigenvalue weighted by atomic mass is 35.5. The van der Waals surface area contributed by atoms with E-state index >= 15 is 0 Å². The van der Waals surface area contributed by atoms with Gasteiger partial charge in [-0.05, 0) is 24.3 Å². The monoisotopic (exact) mass is 160 g/mol. The van der Waals surface area contributed by atoms with Crippen molar-refractivity contribution in [2.24, 2.45) is 0 Å². The molecule has 0 saturated carbocycles. The first kappa shape index (κ1) is 7.47. The standard InChI is InChI=1S/C6H5ClO3/c7-6(10-9)3-1-5(8)2-4-6/h1-4,9H. The van der Waals surface area contributed by atoms with Gasteiger partial charge >= 0.3 is 0 Å². The first-order valence-corrected chi connectivity index (χ1v) is 2.98. The molecule has 0 radical (unpaired) electrons. The molecule has 0 amide bonds. The Balaban J connectivity index is 2.78. The van der Waals surface area contributed by atoms with E-state index < -0.39 is 5.06 Å². The molecular formula is C6H5ClO3. The zero-order valence-electron chi connectivity index (χ0n) is 4.95. The molecule has 1 aliphatic rings. The number of hydrogen-bond acceptors (Lipinski definition) is 3. The quantitative estimate of drug-likeness (QED) is 0.355. The van der Waals surface area contributed by atoms with Gasteiger partial charge in [0.15, 0.2) is 5.78 Å². The van der Waals surface area contributed by atoms with Gasteiger partial charge in [0.1, 0.15) is 0 Å². The molecule has 54 valence electrons. The van der Waals surface area contributed by atoms with Crippen molar-refractivity contribution < 1.29 is 14.9 Å².